The third-order valence-corrected chi connectivity index (χ3v) is 6.37. The lowest BCUT2D eigenvalue weighted by atomic mass is 9.51. The molecule has 0 aromatic carbocycles. The van der Waals surface area contributed by atoms with E-state index >= 15 is 0 Å². The van der Waals surface area contributed by atoms with Crippen molar-refractivity contribution < 1.29 is 19.1 Å². The van der Waals surface area contributed by atoms with Gasteiger partial charge in [-0.2, -0.15) is 0 Å². The zero-order valence-electron chi connectivity index (χ0n) is 18.4. The summed E-state index contributed by atoms with van der Waals surface area (Å²) in [6.07, 6.45) is 15.2. The first-order valence-electron chi connectivity index (χ1n) is 10.3. The summed E-state index contributed by atoms with van der Waals surface area (Å²) in [7, 11) is 2.69. The van der Waals surface area contributed by atoms with E-state index in [-0.39, 0.29) is 5.41 Å². The Hall–Kier alpha value is -2.36. The Morgan fingerprint density at radius 3 is 2.28 bits per heavy atom. The molecule has 3 rings (SSSR count). The minimum Gasteiger partial charge on any atom is -0.468 e. The highest BCUT2D eigenvalue weighted by atomic mass is 16.5. The average molecular weight is 397 g/mol. The molecule has 4 heteroatoms. The Balaban J connectivity index is 2.32. The highest BCUT2D eigenvalue weighted by Crippen LogP contribution is 2.61. The monoisotopic (exact) mass is 396 g/mol. The Morgan fingerprint density at radius 2 is 1.72 bits per heavy atom. The first kappa shape index (κ1) is 21.4. The molecule has 0 radical (unpaired) electrons. The molecule has 3 aliphatic rings. The lowest BCUT2D eigenvalue weighted by Gasteiger charge is -2.51. The summed E-state index contributed by atoms with van der Waals surface area (Å²) in [5, 5.41) is 0. The standard InChI is InChI=1S/C25H32O4/c1-7-24-16-25(21(26)28-5,22(27)29-6)15-18(14-23(2,3)4)20(24)13-12-17-10-8-9-11-19(17)24/h8-9,11-14H,7,10,15-16H2,1-6H3/b18-14+. The van der Waals surface area contributed by atoms with Crippen LogP contribution in [0, 0.1) is 16.2 Å². The largest absolute Gasteiger partial charge is 0.468 e. The number of rotatable bonds is 3. The first-order valence-corrected chi connectivity index (χ1v) is 10.3. The first-order chi connectivity index (χ1) is 13.6. The summed E-state index contributed by atoms with van der Waals surface area (Å²) >= 11 is 0. The average Bonchev–Trinajstić information content (AvgIpc) is 2.70. The maximum absolute atomic E-state index is 13.1. The van der Waals surface area contributed by atoms with Gasteiger partial charge in [0, 0.05) is 5.41 Å². The lowest BCUT2D eigenvalue weighted by molar-refractivity contribution is -0.172. The summed E-state index contributed by atoms with van der Waals surface area (Å²) in [5.74, 6) is -1.03. The zero-order valence-corrected chi connectivity index (χ0v) is 18.4. The molecular formula is C25H32O4. The maximum atomic E-state index is 13.1. The summed E-state index contributed by atoms with van der Waals surface area (Å²) in [6, 6.07) is 0. The number of hydrogen-bond acceptors (Lipinski definition) is 4. The van der Waals surface area contributed by atoms with E-state index in [9.17, 15) is 9.59 Å². The molecule has 1 atom stereocenters. The number of methoxy groups -OCH3 is 2. The Bertz CT molecular complexity index is 857. The Kier molecular flexibility index (Phi) is 5.50. The highest BCUT2D eigenvalue weighted by molar-refractivity contribution is 6.01. The fourth-order valence-electron chi connectivity index (χ4n) is 5.21. The van der Waals surface area contributed by atoms with Gasteiger partial charge < -0.3 is 9.47 Å². The molecule has 0 aliphatic heterocycles. The van der Waals surface area contributed by atoms with Gasteiger partial charge in [0.15, 0.2) is 5.41 Å². The topological polar surface area (TPSA) is 52.6 Å². The second kappa shape index (κ2) is 7.47. The van der Waals surface area contributed by atoms with Crippen LogP contribution in [0.2, 0.25) is 0 Å². The molecule has 1 fully saturated rings. The fourth-order valence-corrected chi connectivity index (χ4v) is 5.21. The van der Waals surface area contributed by atoms with Gasteiger partial charge in [0.1, 0.15) is 0 Å². The van der Waals surface area contributed by atoms with Gasteiger partial charge in [-0.1, -0.05) is 64.2 Å². The van der Waals surface area contributed by atoms with E-state index in [1.165, 1.54) is 30.9 Å². The second-order valence-corrected chi connectivity index (χ2v) is 9.37. The van der Waals surface area contributed by atoms with E-state index in [0.29, 0.717) is 12.8 Å². The zero-order chi connectivity index (χ0) is 21.4. The van der Waals surface area contributed by atoms with Crippen molar-refractivity contribution in [2.75, 3.05) is 14.2 Å². The van der Waals surface area contributed by atoms with Crippen LogP contribution in [0.4, 0.5) is 0 Å². The van der Waals surface area contributed by atoms with Crippen molar-refractivity contribution in [3.05, 3.63) is 58.7 Å². The van der Waals surface area contributed by atoms with E-state index in [0.717, 1.165) is 18.4 Å². The molecule has 3 aliphatic carbocycles. The fraction of sp³-hybridized carbons (Fsp3) is 0.520. The molecular weight excluding hydrogens is 364 g/mol. The predicted molar refractivity (Wildman–Crippen MR) is 114 cm³/mol. The molecule has 4 nitrogen and oxygen atoms in total. The molecule has 0 aromatic heterocycles. The van der Waals surface area contributed by atoms with Gasteiger partial charge in [-0.25, -0.2) is 0 Å². The van der Waals surface area contributed by atoms with Crippen molar-refractivity contribution >= 4 is 11.9 Å². The van der Waals surface area contributed by atoms with Crippen LogP contribution >= 0.6 is 0 Å². The molecule has 0 aromatic rings. The van der Waals surface area contributed by atoms with Crippen LogP contribution in [0.25, 0.3) is 0 Å². The maximum Gasteiger partial charge on any atom is 0.323 e. The summed E-state index contributed by atoms with van der Waals surface area (Å²) in [4.78, 5) is 26.2. The summed E-state index contributed by atoms with van der Waals surface area (Å²) in [5.41, 5.74) is 2.83. The van der Waals surface area contributed by atoms with Crippen LogP contribution in [-0.4, -0.2) is 26.2 Å². The number of fused-ring (bicyclic) bond motifs is 3. The minimum absolute atomic E-state index is 0.101. The summed E-state index contributed by atoms with van der Waals surface area (Å²) < 4.78 is 10.3. The third kappa shape index (κ3) is 3.43. The van der Waals surface area contributed by atoms with E-state index in [1.54, 1.807) is 0 Å². The quantitative estimate of drug-likeness (QED) is 0.484. The number of hydrogen-bond donors (Lipinski definition) is 0. The third-order valence-electron chi connectivity index (χ3n) is 6.37. The second-order valence-electron chi connectivity index (χ2n) is 9.37. The number of allylic oxidation sites excluding steroid dienone is 10. The Morgan fingerprint density at radius 1 is 1.07 bits per heavy atom. The lowest BCUT2D eigenvalue weighted by Crippen LogP contribution is -2.51. The van der Waals surface area contributed by atoms with Crippen molar-refractivity contribution in [3.63, 3.8) is 0 Å². The van der Waals surface area contributed by atoms with Gasteiger partial charge in [0.25, 0.3) is 0 Å². The van der Waals surface area contributed by atoms with E-state index in [2.05, 4.69) is 64.2 Å². The highest BCUT2D eigenvalue weighted by Gasteiger charge is 2.60. The molecule has 0 N–H and O–H groups in total. The minimum atomic E-state index is -1.35. The number of carbonyl (C=O) groups is 2. The number of ether oxygens (including phenoxy) is 2. The van der Waals surface area contributed by atoms with E-state index in [1.807, 2.05) is 0 Å². The summed E-state index contributed by atoms with van der Waals surface area (Å²) in [6.45, 7) is 8.53. The molecule has 156 valence electrons. The van der Waals surface area contributed by atoms with Gasteiger partial charge in [0.05, 0.1) is 14.2 Å². The van der Waals surface area contributed by atoms with Crippen LogP contribution < -0.4 is 0 Å². The molecule has 29 heavy (non-hydrogen) atoms. The molecule has 0 spiro atoms. The molecule has 0 bridgehead atoms. The van der Waals surface area contributed by atoms with Gasteiger partial charge in [0.2, 0.25) is 0 Å². The number of esters is 2. The molecule has 0 amide bonds. The van der Waals surface area contributed by atoms with Crippen LogP contribution in [0.5, 0.6) is 0 Å². The smallest absolute Gasteiger partial charge is 0.323 e. The molecule has 0 heterocycles. The van der Waals surface area contributed by atoms with Gasteiger partial charge in [-0.3, -0.25) is 9.59 Å². The predicted octanol–water partition coefficient (Wildman–Crippen LogP) is 5.23. The van der Waals surface area contributed by atoms with Crippen LogP contribution in [-0.2, 0) is 19.1 Å². The SMILES string of the molecule is CCC12CC(C(=O)OC)(C(=O)OC)C/C(=C\C(C)(C)C)C1=CC=C1CC=CC=C12. The number of carbonyl (C=O) groups excluding carboxylic acids is 2. The van der Waals surface area contributed by atoms with Gasteiger partial charge in [-0.15, -0.1) is 0 Å². The van der Waals surface area contributed by atoms with Crippen molar-refractivity contribution in [2.24, 2.45) is 16.2 Å². The molecule has 1 saturated carbocycles. The van der Waals surface area contributed by atoms with Crippen LogP contribution in [0.1, 0.15) is 53.4 Å². The van der Waals surface area contributed by atoms with E-state index < -0.39 is 22.8 Å². The van der Waals surface area contributed by atoms with Crippen molar-refractivity contribution in [3.8, 4) is 0 Å². The van der Waals surface area contributed by atoms with Gasteiger partial charge >= 0.3 is 11.9 Å². The normalized spacial score (nSPS) is 26.6. The Labute approximate surface area is 174 Å². The van der Waals surface area contributed by atoms with Crippen LogP contribution in [0.3, 0.4) is 0 Å². The van der Waals surface area contributed by atoms with Gasteiger partial charge in [-0.05, 0) is 53.4 Å². The van der Waals surface area contributed by atoms with Crippen LogP contribution in [0.15, 0.2) is 58.7 Å². The van der Waals surface area contributed by atoms with Crippen molar-refractivity contribution in [1.82, 2.24) is 0 Å². The van der Waals surface area contributed by atoms with Crippen molar-refractivity contribution in [2.45, 2.75) is 53.4 Å². The molecule has 1 unspecified atom stereocenters. The van der Waals surface area contributed by atoms with E-state index in [4.69, 9.17) is 9.47 Å². The van der Waals surface area contributed by atoms with Crippen molar-refractivity contribution in [1.29, 1.82) is 0 Å². The molecule has 0 saturated heterocycles.